The summed E-state index contributed by atoms with van der Waals surface area (Å²) in [6, 6.07) is 1.86. The largest absolute Gasteiger partial charge is 0.359 e. The monoisotopic (exact) mass is 264 g/mol. The highest BCUT2D eigenvalue weighted by atomic mass is 16.6. The Balaban J connectivity index is 2.25. The first-order valence-electron chi connectivity index (χ1n) is 5.97. The summed E-state index contributed by atoms with van der Waals surface area (Å²) in [5, 5.41) is 22.5. The minimum atomic E-state index is -0.407. The fourth-order valence-corrected chi connectivity index (χ4v) is 1.93. The van der Waals surface area contributed by atoms with E-state index in [9.17, 15) is 10.1 Å². The molecular weight excluding hydrogens is 248 g/mol. The summed E-state index contributed by atoms with van der Waals surface area (Å²) in [6.45, 7) is 4.52. The van der Waals surface area contributed by atoms with Crippen LogP contribution in [-0.2, 0) is 20.1 Å². The van der Waals surface area contributed by atoms with Crippen LogP contribution in [0.1, 0.15) is 18.3 Å². The predicted octanol–water partition coefficient (Wildman–Crippen LogP) is 1.47. The summed E-state index contributed by atoms with van der Waals surface area (Å²) in [5.74, 6) is 0.427. The molecule has 2 aromatic rings. The Kier molecular flexibility index (Phi) is 3.50. The van der Waals surface area contributed by atoms with Crippen molar-refractivity contribution in [2.24, 2.45) is 7.05 Å². The van der Waals surface area contributed by atoms with Crippen LogP contribution < -0.4 is 5.32 Å². The Morgan fingerprint density at radius 3 is 2.74 bits per heavy atom. The first-order chi connectivity index (χ1) is 9.02. The van der Waals surface area contributed by atoms with E-state index in [-0.39, 0.29) is 5.69 Å². The van der Waals surface area contributed by atoms with Crippen molar-refractivity contribution in [1.82, 2.24) is 19.6 Å². The van der Waals surface area contributed by atoms with Gasteiger partial charge in [0.1, 0.15) is 5.69 Å². The Hall–Kier alpha value is -2.38. The van der Waals surface area contributed by atoms with Crippen molar-refractivity contribution >= 4 is 11.5 Å². The normalized spacial score (nSPS) is 10.7. The summed E-state index contributed by atoms with van der Waals surface area (Å²) in [5.41, 5.74) is 1.26. The number of rotatable bonds is 5. The number of anilines is 1. The average Bonchev–Trinajstić information content (AvgIpc) is 2.89. The molecule has 0 aliphatic carbocycles. The summed E-state index contributed by atoms with van der Waals surface area (Å²) < 4.78 is 3.28. The van der Waals surface area contributed by atoms with E-state index < -0.39 is 4.92 Å². The van der Waals surface area contributed by atoms with Gasteiger partial charge < -0.3 is 5.32 Å². The Morgan fingerprint density at radius 1 is 1.47 bits per heavy atom. The van der Waals surface area contributed by atoms with Gasteiger partial charge in [0.2, 0.25) is 5.82 Å². The van der Waals surface area contributed by atoms with Gasteiger partial charge in [-0.05, 0) is 19.9 Å². The molecule has 2 aromatic heterocycles. The zero-order valence-electron chi connectivity index (χ0n) is 11.1. The molecule has 0 amide bonds. The molecule has 0 bridgehead atoms. The second-order valence-electron chi connectivity index (χ2n) is 4.19. The van der Waals surface area contributed by atoms with E-state index in [1.54, 1.807) is 16.3 Å². The molecule has 0 saturated carbocycles. The van der Waals surface area contributed by atoms with E-state index in [0.29, 0.717) is 24.6 Å². The molecule has 8 nitrogen and oxygen atoms in total. The molecule has 2 heterocycles. The van der Waals surface area contributed by atoms with Crippen molar-refractivity contribution in [3.8, 4) is 0 Å². The molecule has 0 saturated heterocycles. The number of nitrogens with zero attached hydrogens (tertiary/aromatic N) is 5. The van der Waals surface area contributed by atoms with Gasteiger partial charge in [-0.2, -0.15) is 10.2 Å². The van der Waals surface area contributed by atoms with Crippen molar-refractivity contribution < 1.29 is 4.92 Å². The molecule has 102 valence electrons. The van der Waals surface area contributed by atoms with E-state index in [1.807, 2.05) is 26.2 Å². The Morgan fingerprint density at radius 2 is 2.21 bits per heavy atom. The highest BCUT2D eigenvalue weighted by Gasteiger charge is 2.24. The second kappa shape index (κ2) is 5.09. The van der Waals surface area contributed by atoms with Crippen LogP contribution in [0.5, 0.6) is 0 Å². The van der Waals surface area contributed by atoms with Gasteiger partial charge in [-0.25, -0.2) is 4.68 Å². The molecule has 0 aromatic carbocycles. The molecular formula is C11H16N6O2. The van der Waals surface area contributed by atoms with Crippen LogP contribution in [0.4, 0.5) is 11.5 Å². The smallest absolute Gasteiger partial charge is 0.333 e. The zero-order valence-corrected chi connectivity index (χ0v) is 11.1. The minimum Gasteiger partial charge on any atom is -0.359 e. The van der Waals surface area contributed by atoms with E-state index in [0.717, 1.165) is 5.69 Å². The zero-order chi connectivity index (χ0) is 14.0. The second-order valence-corrected chi connectivity index (χ2v) is 4.19. The van der Waals surface area contributed by atoms with Gasteiger partial charge in [0.15, 0.2) is 0 Å². The van der Waals surface area contributed by atoms with Gasteiger partial charge in [0.25, 0.3) is 0 Å². The third-order valence-corrected chi connectivity index (χ3v) is 2.78. The standard InChI is InChI=1S/C11H16N6O2/c1-4-16-11(10(17(18)19)8(2)13-16)12-7-9-5-6-15(3)14-9/h5-6,12H,4,7H2,1-3H3. The molecule has 8 heteroatoms. The first kappa shape index (κ1) is 13.1. The summed E-state index contributed by atoms with van der Waals surface area (Å²) in [6.07, 6.45) is 1.83. The minimum absolute atomic E-state index is 0.0257. The van der Waals surface area contributed by atoms with Crippen LogP contribution in [0.15, 0.2) is 12.3 Å². The van der Waals surface area contributed by atoms with Crippen molar-refractivity contribution in [2.45, 2.75) is 26.9 Å². The molecule has 0 spiro atoms. The van der Waals surface area contributed by atoms with E-state index in [2.05, 4.69) is 15.5 Å². The molecule has 1 N–H and O–H groups in total. The van der Waals surface area contributed by atoms with Crippen LogP contribution >= 0.6 is 0 Å². The molecule has 0 fully saturated rings. The number of hydrogen-bond donors (Lipinski definition) is 1. The Bertz CT molecular complexity index is 600. The average molecular weight is 264 g/mol. The van der Waals surface area contributed by atoms with Gasteiger partial charge in [-0.3, -0.25) is 14.8 Å². The lowest BCUT2D eigenvalue weighted by Gasteiger charge is -2.05. The first-order valence-corrected chi connectivity index (χ1v) is 5.97. The maximum atomic E-state index is 11.1. The van der Waals surface area contributed by atoms with Gasteiger partial charge in [0, 0.05) is 19.8 Å². The fourth-order valence-electron chi connectivity index (χ4n) is 1.93. The number of nitrogens with one attached hydrogen (secondary N) is 1. The Labute approximate surface area is 110 Å². The molecule has 0 radical (unpaired) electrons. The number of nitro groups is 1. The molecule has 2 rings (SSSR count). The molecule has 0 aliphatic rings. The quantitative estimate of drug-likeness (QED) is 0.652. The summed E-state index contributed by atoms with van der Waals surface area (Å²) in [7, 11) is 1.83. The lowest BCUT2D eigenvalue weighted by molar-refractivity contribution is -0.384. The van der Waals surface area contributed by atoms with Crippen LogP contribution in [0, 0.1) is 17.0 Å². The number of hydrogen-bond acceptors (Lipinski definition) is 5. The summed E-state index contributed by atoms with van der Waals surface area (Å²) >= 11 is 0. The molecule has 19 heavy (non-hydrogen) atoms. The topological polar surface area (TPSA) is 90.8 Å². The van der Waals surface area contributed by atoms with Crippen molar-refractivity contribution in [3.63, 3.8) is 0 Å². The maximum Gasteiger partial charge on any atom is 0.333 e. The summed E-state index contributed by atoms with van der Waals surface area (Å²) in [4.78, 5) is 10.7. The van der Waals surface area contributed by atoms with Crippen LogP contribution in [0.3, 0.4) is 0 Å². The SMILES string of the molecule is CCn1nc(C)c([N+](=O)[O-])c1NCc1ccn(C)n1. The fraction of sp³-hybridized carbons (Fsp3) is 0.455. The highest BCUT2D eigenvalue weighted by molar-refractivity contribution is 5.59. The van der Waals surface area contributed by atoms with Gasteiger partial charge in [-0.1, -0.05) is 0 Å². The lowest BCUT2D eigenvalue weighted by Crippen LogP contribution is -2.09. The molecule has 0 atom stereocenters. The van der Waals surface area contributed by atoms with E-state index in [1.165, 1.54) is 0 Å². The van der Waals surface area contributed by atoms with Crippen molar-refractivity contribution in [3.05, 3.63) is 33.8 Å². The van der Waals surface area contributed by atoms with E-state index in [4.69, 9.17) is 0 Å². The third-order valence-electron chi connectivity index (χ3n) is 2.78. The highest BCUT2D eigenvalue weighted by Crippen LogP contribution is 2.28. The third kappa shape index (κ3) is 2.56. The van der Waals surface area contributed by atoms with Crippen molar-refractivity contribution in [1.29, 1.82) is 0 Å². The van der Waals surface area contributed by atoms with E-state index >= 15 is 0 Å². The predicted molar refractivity (Wildman–Crippen MR) is 69.8 cm³/mol. The van der Waals surface area contributed by atoms with Gasteiger partial charge in [0.05, 0.1) is 17.2 Å². The molecule has 0 aliphatic heterocycles. The van der Waals surface area contributed by atoms with Crippen LogP contribution in [0.25, 0.3) is 0 Å². The van der Waals surface area contributed by atoms with Crippen molar-refractivity contribution in [2.75, 3.05) is 5.32 Å². The van der Waals surface area contributed by atoms with Crippen LogP contribution in [0.2, 0.25) is 0 Å². The number of aryl methyl sites for hydroxylation is 3. The maximum absolute atomic E-state index is 11.1. The lowest BCUT2D eigenvalue weighted by atomic mass is 10.3. The number of aromatic nitrogens is 4. The van der Waals surface area contributed by atoms with Gasteiger partial charge >= 0.3 is 5.69 Å². The van der Waals surface area contributed by atoms with Gasteiger partial charge in [-0.15, -0.1) is 0 Å². The van der Waals surface area contributed by atoms with Crippen LogP contribution in [-0.4, -0.2) is 24.5 Å². The molecule has 0 unspecified atom stereocenters.